The van der Waals surface area contributed by atoms with Crippen molar-refractivity contribution in [2.45, 2.75) is 27.7 Å². The van der Waals surface area contributed by atoms with Gasteiger partial charge in [-0.25, -0.2) is 0 Å². The van der Waals surface area contributed by atoms with Crippen LogP contribution in [-0.4, -0.2) is 36.9 Å². The molecule has 0 aliphatic heterocycles. The van der Waals surface area contributed by atoms with Crippen molar-refractivity contribution in [1.29, 1.82) is 0 Å². The molecule has 0 radical (unpaired) electrons. The van der Waals surface area contributed by atoms with E-state index in [0.29, 0.717) is 0 Å². The van der Waals surface area contributed by atoms with Gasteiger partial charge in [-0.2, -0.15) is 6.26 Å². The molecule has 0 amide bonds. The summed E-state index contributed by atoms with van der Waals surface area (Å²) in [5.74, 6) is 0. The summed E-state index contributed by atoms with van der Waals surface area (Å²) in [6, 6.07) is 0. The van der Waals surface area contributed by atoms with Gasteiger partial charge in [0.1, 0.15) is 0 Å². The fourth-order valence-corrected chi connectivity index (χ4v) is 1.34. The quantitative estimate of drug-likeness (QED) is 0.468. The Morgan fingerprint density at radius 3 is 0.909 bits per heavy atom. The van der Waals surface area contributed by atoms with Crippen molar-refractivity contribution >= 4 is 12.6 Å². The molecule has 0 heterocycles. The van der Waals surface area contributed by atoms with Crippen LogP contribution in [0.4, 0.5) is 0 Å². The summed E-state index contributed by atoms with van der Waals surface area (Å²) < 4.78 is 1.28. The third kappa shape index (κ3) is 4.70. The lowest BCUT2D eigenvalue weighted by Crippen LogP contribution is -2.47. The zero-order valence-electron chi connectivity index (χ0n) is 8.68. The standard InChI is InChI=1S/C8H20N.CH4S/c1-5-9(6-2,7-3)8-4;1-2/h5-8H2,1-4H3;2H,1H3/q+1;/p-1. The van der Waals surface area contributed by atoms with Gasteiger partial charge in [0.2, 0.25) is 0 Å². The van der Waals surface area contributed by atoms with Gasteiger partial charge in [-0.3, -0.25) is 0 Å². The normalized spacial score (nSPS) is 10.4. The average molecular weight is 177 g/mol. The average Bonchev–Trinajstić information content (AvgIpc) is 2.13. The molecule has 70 valence electrons. The van der Waals surface area contributed by atoms with Gasteiger partial charge >= 0.3 is 0 Å². The Bertz CT molecular complexity index is 52.5. The van der Waals surface area contributed by atoms with E-state index in [4.69, 9.17) is 0 Å². The molecule has 0 aromatic rings. The van der Waals surface area contributed by atoms with E-state index in [-0.39, 0.29) is 0 Å². The van der Waals surface area contributed by atoms with E-state index >= 15 is 0 Å². The predicted octanol–water partition coefficient (Wildman–Crippen LogP) is 2.05. The van der Waals surface area contributed by atoms with Crippen LogP contribution in [0, 0.1) is 0 Å². The van der Waals surface area contributed by atoms with Crippen LogP contribution in [0.15, 0.2) is 0 Å². The maximum atomic E-state index is 4.08. The first kappa shape index (κ1) is 13.9. The van der Waals surface area contributed by atoms with Crippen LogP contribution in [0.25, 0.3) is 0 Å². The van der Waals surface area contributed by atoms with Crippen molar-refractivity contribution in [2.24, 2.45) is 0 Å². The number of rotatable bonds is 4. The highest BCUT2D eigenvalue weighted by molar-refractivity contribution is 7.57. The number of quaternary nitrogens is 1. The fraction of sp³-hybridized carbons (Fsp3) is 1.00. The monoisotopic (exact) mass is 177 g/mol. The van der Waals surface area contributed by atoms with E-state index < -0.39 is 0 Å². The summed E-state index contributed by atoms with van der Waals surface area (Å²) in [4.78, 5) is 0. The number of hydrogen-bond acceptors (Lipinski definition) is 1. The zero-order valence-corrected chi connectivity index (χ0v) is 9.50. The molecule has 0 atom stereocenters. The second-order valence-electron chi connectivity index (χ2n) is 2.61. The molecule has 11 heavy (non-hydrogen) atoms. The van der Waals surface area contributed by atoms with E-state index in [2.05, 4.69) is 40.3 Å². The van der Waals surface area contributed by atoms with Gasteiger partial charge in [0.25, 0.3) is 0 Å². The zero-order chi connectivity index (χ0) is 9.33. The molecule has 0 aliphatic rings. The highest BCUT2D eigenvalue weighted by Crippen LogP contribution is 2.03. The summed E-state index contributed by atoms with van der Waals surface area (Å²) in [6.07, 6.45) is 1.58. The van der Waals surface area contributed by atoms with Gasteiger partial charge in [-0.15, -0.1) is 0 Å². The first-order chi connectivity index (χ1) is 5.24. The van der Waals surface area contributed by atoms with Crippen LogP contribution in [-0.2, 0) is 12.6 Å². The van der Waals surface area contributed by atoms with E-state index in [1.54, 1.807) is 6.26 Å². The van der Waals surface area contributed by atoms with Crippen molar-refractivity contribution in [1.82, 2.24) is 0 Å². The molecule has 0 bridgehead atoms. The summed E-state index contributed by atoms with van der Waals surface area (Å²) in [6.45, 7) is 14.2. The van der Waals surface area contributed by atoms with Gasteiger partial charge in [0, 0.05) is 0 Å². The minimum absolute atomic E-state index is 1.28. The van der Waals surface area contributed by atoms with Crippen molar-refractivity contribution in [3.63, 3.8) is 0 Å². The Morgan fingerprint density at radius 2 is 0.909 bits per heavy atom. The molecule has 0 rings (SSSR count). The van der Waals surface area contributed by atoms with E-state index in [1.807, 2.05) is 0 Å². The Balaban J connectivity index is 0. The van der Waals surface area contributed by atoms with Crippen molar-refractivity contribution in [2.75, 3.05) is 32.4 Å². The molecular weight excluding hydrogens is 154 g/mol. The van der Waals surface area contributed by atoms with Gasteiger partial charge < -0.3 is 17.1 Å². The Hall–Kier alpha value is 0.310. The molecule has 0 spiro atoms. The highest BCUT2D eigenvalue weighted by Gasteiger charge is 2.16. The Labute approximate surface area is 77.8 Å². The fourth-order valence-electron chi connectivity index (χ4n) is 1.34. The van der Waals surface area contributed by atoms with Gasteiger partial charge in [-0.1, -0.05) is 0 Å². The van der Waals surface area contributed by atoms with E-state index in [0.717, 1.165) is 0 Å². The first-order valence-electron chi connectivity index (χ1n) is 4.50. The van der Waals surface area contributed by atoms with Gasteiger partial charge in [0.15, 0.2) is 0 Å². The van der Waals surface area contributed by atoms with E-state index in [1.165, 1.54) is 30.7 Å². The molecular formula is C9H23NS. The minimum atomic E-state index is 1.28. The number of nitrogens with zero attached hydrogens (tertiary/aromatic N) is 1. The Morgan fingerprint density at radius 1 is 0.727 bits per heavy atom. The molecule has 1 nitrogen and oxygen atoms in total. The van der Waals surface area contributed by atoms with Crippen molar-refractivity contribution < 1.29 is 4.48 Å². The maximum absolute atomic E-state index is 4.08. The lowest BCUT2D eigenvalue weighted by Gasteiger charge is -2.34. The maximum Gasteiger partial charge on any atom is 0.0757 e. The second-order valence-corrected chi connectivity index (χ2v) is 2.61. The van der Waals surface area contributed by atoms with Crippen LogP contribution in [0.1, 0.15) is 27.7 Å². The summed E-state index contributed by atoms with van der Waals surface area (Å²) in [5.41, 5.74) is 0. The molecule has 2 heteroatoms. The van der Waals surface area contributed by atoms with Crippen LogP contribution < -0.4 is 0 Å². The van der Waals surface area contributed by atoms with Crippen LogP contribution >= 0.6 is 0 Å². The first-order valence-corrected chi connectivity index (χ1v) is 5.32. The molecule has 0 unspecified atom stereocenters. The topological polar surface area (TPSA) is 0 Å². The SMILES string of the molecule is CC[N+](CC)(CC)CC.C[S-]. The lowest BCUT2D eigenvalue weighted by atomic mass is 10.3. The molecule has 0 aromatic carbocycles. The van der Waals surface area contributed by atoms with E-state index in [9.17, 15) is 0 Å². The molecule has 0 saturated heterocycles. The highest BCUT2D eigenvalue weighted by atomic mass is 32.1. The van der Waals surface area contributed by atoms with Crippen molar-refractivity contribution in [3.05, 3.63) is 0 Å². The smallest absolute Gasteiger partial charge is 0.0757 e. The second kappa shape index (κ2) is 8.41. The third-order valence-corrected chi connectivity index (χ3v) is 2.68. The van der Waals surface area contributed by atoms with Crippen LogP contribution in [0.5, 0.6) is 0 Å². The number of hydrogen-bond donors (Lipinski definition) is 0. The third-order valence-electron chi connectivity index (χ3n) is 2.68. The molecule has 0 aromatic heterocycles. The van der Waals surface area contributed by atoms with Gasteiger partial charge in [0.05, 0.1) is 26.2 Å². The predicted molar refractivity (Wildman–Crippen MR) is 55.7 cm³/mol. The summed E-state index contributed by atoms with van der Waals surface area (Å²) >= 11 is 4.08. The minimum Gasteiger partial charge on any atom is -0.796 e. The largest absolute Gasteiger partial charge is 0.796 e. The van der Waals surface area contributed by atoms with Gasteiger partial charge in [-0.05, 0) is 27.7 Å². The van der Waals surface area contributed by atoms with Crippen LogP contribution in [0.3, 0.4) is 0 Å². The lowest BCUT2D eigenvalue weighted by molar-refractivity contribution is -0.921. The molecule has 0 N–H and O–H groups in total. The summed E-state index contributed by atoms with van der Waals surface area (Å²) in [7, 11) is 0. The van der Waals surface area contributed by atoms with Crippen molar-refractivity contribution in [3.8, 4) is 0 Å². The summed E-state index contributed by atoms with van der Waals surface area (Å²) in [5, 5.41) is 0. The molecule has 0 saturated carbocycles. The van der Waals surface area contributed by atoms with Crippen LogP contribution in [0.2, 0.25) is 0 Å². The molecule has 0 fully saturated rings. The Kier molecular flexibility index (Phi) is 10.6. The molecule has 0 aliphatic carbocycles.